The van der Waals surface area contributed by atoms with E-state index >= 15 is 0 Å². The van der Waals surface area contributed by atoms with Crippen LogP contribution in [0.1, 0.15) is 11.4 Å². The average molecular weight is 281 g/mol. The van der Waals surface area contributed by atoms with Gasteiger partial charge in [-0.3, -0.25) is 0 Å². The minimum Gasteiger partial charge on any atom is -0.383 e. The van der Waals surface area contributed by atoms with Crippen LogP contribution in [0.2, 0.25) is 5.02 Å². The molecule has 2 rings (SSSR count). The third-order valence-corrected chi connectivity index (χ3v) is 2.82. The molecule has 1 heterocycles. The van der Waals surface area contributed by atoms with E-state index in [0.717, 1.165) is 23.0 Å². The number of aromatic nitrogens is 3. The van der Waals surface area contributed by atoms with Gasteiger partial charge in [-0.1, -0.05) is 23.7 Å². The van der Waals surface area contributed by atoms with Gasteiger partial charge in [-0.25, -0.2) is 9.67 Å². The van der Waals surface area contributed by atoms with Gasteiger partial charge < -0.3 is 10.1 Å². The highest BCUT2D eigenvalue weighted by molar-refractivity contribution is 6.30. The highest BCUT2D eigenvalue weighted by Crippen LogP contribution is 2.11. The molecule has 102 valence electrons. The third-order valence-electron chi connectivity index (χ3n) is 2.58. The quantitative estimate of drug-likeness (QED) is 0.785. The molecule has 1 aromatic carbocycles. The Morgan fingerprint density at radius 1 is 1.42 bits per heavy atom. The zero-order valence-corrected chi connectivity index (χ0v) is 11.6. The summed E-state index contributed by atoms with van der Waals surface area (Å²) < 4.78 is 6.76. The fourth-order valence-corrected chi connectivity index (χ4v) is 1.90. The summed E-state index contributed by atoms with van der Waals surface area (Å²) in [4.78, 5) is 4.25. The first-order valence-corrected chi connectivity index (χ1v) is 6.48. The number of halogens is 1. The van der Waals surface area contributed by atoms with E-state index in [1.165, 1.54) is 0 Å². The van der Waals surface area contributed by atoms with Crippen LogP contribution >= 0.6 is 11.6 Å². The summed E-state index contributed by atoms with van der Waals surface area (Å²) in [5, 5.41) is 8.33. The van der Waals surface area contributed by atoms with Gasteiger partial charge in [0.15, 0.2) is 5.82 Å². The lowest BCUT2D eigenvalue weighted by molar-refractivity contribution is 0.199. The van der Waals surface area contributed by atoms with Crippen LogP contribution in [0.3, 0.4) is 0 Å². The number of benzene rings is 1. The van der Waals surface area contributed by atoms with E-state index in [-0.39, 0.29) is 0 Å². The molecule has 0 spiro atoms. The SMILES string of the molecule is COCCNCc1ncn(Cc2cccc(Cl)c2)n1. The van der Waals surface area contributed by atoms with E-state index < -0.39 is 0 Å². The molecule has 0 aliphatic heterocycles. The summed E-state index contributed by atoms with van der Waals surface area (Å²) in [6.45, 7) is 2.79. The van der Waals surface area contributed by atoms with E-state index in [1.54, 1.807) is 18.1 Å². The van der Waals surface area contributed by atoms with E-state index in [4.69, 9.17) is 16.3 Å². The summed E-state index contributed by atoms with van der Waals surface area (Å²) in [7, 11) is 1.68. The highest BCUT2D eigenvalue weighted by Gasteiger charge is 2.01. The Kier molecular flexibility index (Phi) is 5.32. The van der Waals surface area contributed by atoms with Crippen molar-refractivity contribution in [3.63, 3.8) is 0 Å². The molecule has 5 nitrogen and oxygen atoms in total. The molecule has 0 amide bonds. The second-order valence-corrected chi connectivity index (χ2v) is 4.59. The Morgan fingerprint density at radius 2 is 2.32 bits per heavy atom. The molecule has 0 saturated heterocycles. The van der Waals surface area contributed by atoms with Gasteiger partial charge in [-0.15, -0.1) is 0 Å². The van der Waals surface area contributed by atoms with Crippen LogP contribution in [-0.4, -0.2) is 35.0 Å². The Bertz CT molecular complexity index is 515. The molecular weight excluding hydrogens is 264 g/mol. The van der Waals surface area contributed by atoms with Gasteiger partial charge >= 0.3 is 0 Å². The number of rotatable bonds is 7. The molecule has 19 heavy (non-hydrogen) atoms. The van der Waals surface area contributed by atoms with Crippen LogP contribution < -0.4 is 5.32 Å². The Balaban J connectivity index is 1.87. The van der Waals surface area contributed by atoms with Crippen molar-refractivity contribution in [3.05, 3.63) is 47.0 Å². The average Bonchev–Trinajstić information content (AvgIpc) is 2.82. The van der Waals surface area contributed by atoms with E-state index in [9.17, 15) is 0 Å². The number of ether oxygens (including phenoxy) is 1. The van der Waals surface area contributed by atoms with Gasteiger partial charge in [0.25, 0.3) is 0 Å². The third kappa shape index (κ3) is 4.63. The maximum atomic E-state index is 5.95. The van der Waals surface area contributed by atoms with Crippen LogP contribution in [0.25, 0.3) is 0 Å². The van der Waals surface area contributed by atoms with E-state index in [2.05, 4.69) is 15.4 Å². The van der Waals surface area contributed by atoms with Crippen LogP contribution in [-0.2, 0) is 17.8 Å². The van der Waals surface area contributed by atoms with Gasteiger partial charge in [0.05, 0.1) is 19.7 Å². The minimum atomic E-state index is 0.645. The normalized spacial score (nSPS) is 10.8. The second kappa shape index (κ2) is 7.23. The van der Waals surface area contributed by atoms with Crippen molar-refractivity contribution in [2.24, 2.45) is 0 Å². The molecule has 1 N–H and O–H groups in total. The summed E-state index contributed by atoms with van der Waals surface area (Å²) in [6, 6.07) is 7.74. The highest BCUT2D eigenvalue weighted by atomic mass is 35.5. The molecule has 0 aliphatic carbocycles. The largest absolute Gasteiger partial charge is 0.383 e. The lowest BCUT2D eigenvalue weighted by Gasteiger charge is -2.02. The Hall–Kier alpha value is -1.43. The van der Waals surface area contributed by atoms with Gasteiger partial charge in [0.2, 0.25) is 0 Å². The first kappa shape index (κ1) is 14.0. The number of hydrogen-bond donors (Lipinski definition) is 1. The zero-order valence-electron chi connectivity index (χ0n) is 10.8. The van der Waals surface area contributed by atoms with E-state index in [0.29, 0.717) is 19.7 Å². The Morgan fingerprint density at radius 3 is 3.11 bits per heavy atom. The van der Waals surface area contributed by atoms with Gasteiger partial charge in [0.1, 0.15) is 6.33 Å². The molecule has 0 saturated carbocycles. The first-order valence-electron chi connectivity index (χ1n) is 6.10. The number of methoxy groups -OCH3 is 1. The Labute approximate surface area is 117 Å². The summed E-state index contributed by atoms with van der Waals surface area (Å²) in [6.07, 6.45) is 1.73. The number of hydrogen-bond acceptors (Lipinski definition) is 4. The minimum absolute atomic E-state index is 0.645. The van der Waals surface area contributed by atoms with Gasteiger partial charge in [0, 0.05) is 18.7 Å². The molecule has 0 fully saturated rings. The smallest absolute Gasteiger partial charge is 0.164 e. The molecule has 0 aliphatic rings. The maximum Gasteiger partial charge on any atom is 0.164 e. The first-order chi connectivity index (χ1) is 9.28. The lowest BCUT2D eigenvalue weighted by Crippen LogP contribution is -2.19. The molecule has 0 unspecified atom stereocenters. The zero-order chi connectivity index (χ0) is 13.5. The van der Waals surface area contributed by atoms with Crippen LogP contribution in [0.5, 0.6) is 0 Å². The lowest BCUT2D eigenvalue weighted by atomic mass is 10.2. The molecule has 0 atom stereocenters. The predicted octanol–water partition coefficient (Wildman–Crippen LogP) is 1.72. The van der Waals surface area contributed by atoms with Crippen LogP contribution in [0.15, 0.2) is 30.6 Å². The van der Waals surface area contributed by atoms with Crippen LogP contribution in [0, 0.1) is 0 Å². The summed E-state index contributed by atoms with van der Waals surface area (Å²) >= 11 is 5.95. The summed E-state index contributed by atoms with van der Waals surface area (Å²) in [5.74, 6) is 0.776. The van der Waals surface area contributed by atoms with Crippen molar-refractivity contribution >= 4 is 11.6 Å². The number of nitrogens with one attached hydrogen (secondary N) is 1. The van der Waals surface area contributed by atoms with Crippen molar-refractivity contribution in [3.8, 4) is 0 Å². The van der Waals surface area contributed by atoms with Crippen molar-refractivity contribution in [2.45, 2.75) is 13.1 Å². The second-order valence-electron chi connectivity index (χ2n) is 4.16. The monoisotopic (exact) mass is 280 g/mol. The standard InChI is InChI=1S/C13H17ClN4O/c1-19-6-5-15-8-13-16-10-18(17-13)9-11-3-2-4-12(14)7-11/h2-4,7,10,15H,5-6,8-9H2,1H3. The predicted molar refractivity (Wildman–Crippen MR) is 74.2 cm³/mol. The fraction of sp³-hybridized carbons (Fsp3) is 0.385. The fourth-order valence-electron chi connectivity index (χ4n) is 1.69. The molecule has 1 aromatic heterocycles. The molecule has 0 radical (unpaired) electrons. The number of nitrogens with zero attached hydrogens (tertiary/aromatic N) is 3. The maximum absolute atomic E-state index is 5.95. The molecule has 2 aromatic rings. The molecular formula is C13H17ClN4O. The van der Waals surface area contributed by atoms with Gasteiger partial charge in [-0.2, -0.15) is 5.10 Å². The molecule has 0 bridgehead atoms. The molecule has 6 heteroatoms. The van der Waals surface area contributed by atoms with Crippen molar-refractivity contribution in [1.82, 2.24) is 20.1 Å². The van der Waals surface area contributed by atoms with Gasteiger partial charge in [-0.05, 0) is 17.7 Å². The topological polar surface area (TPSA) is 52.0 Å². The van der Waals surface area contributed by atoms with Crippen molar-refractivity contribution < 1.29 is 4.74 Å². The van der Waals surface area contributed by atoms with Crippen LogP contribution in [0.4, 0.5) is 0 Å². The van der Waals surface area contributed by atoms with E-state index in [1.807, 2.05) is 24.3 Å². The van der Waals surface area contributed by atoms with Crippen molar-refractivity contribution in [1.29, 1.82) is 0 Å². The summed E-state index contributed by atoms with van der Waals surface area (Å²) in [5.41, 5.74) is 1.11. The van der Waals surface area contributed by atoms with Crippen molar-refractivity contribution in [2.75, 3.05) is 20.3 Å².